The van der Waals surface area contributed by atoms with Gasteiger partial charge in [0.2, 0.25) is 0 Å². The number of nitrogens with zero attached hydrogens (tertiary/aromatic N) is 3. The van der Waals surface area contributed by atoms with E-state index in [2.05, 4.69) is 9.30 Å². The van der Waals surface area contributed by atoms with Gasteiger partial charge in [-0.2, -0.15) is 0 Å². The van der Waals surface area contributed by atoms with Gasteiger partial charge in [0.05, 0.1) is 18.5 Å². The summed E-state index contributed by atoms with van der Waals surface area (Å²) in [7, 11) is 1.64. The monoisotopic (exact) mass is 366 g/mol. The number of carbonyl (C=O) groups is 1. The van der Waals surface area contributed by atoms with Crippen LogP contribution in [0.4, 0.5) is 0 Å². The van der Waals surface area contributed by atoms with Crippen LogP contribution in [0.2, 0.25) is 0 Å². The van der Waals surface area contributed by atoms with Gasteiger partial charge < -0.3 is 20.0 Å². The predicted octanol–water partition coefficient (Wildman–Crippen LogP) is 2.00. The summed E-state index contributed by atoms with van der Waals surface area (Å²) in [5, 5.41) is 9.39. The van der Waals surface area contributed by atoms with E-state index in [0.29, 0.717) is 26.1 Å². The second-order valence-corrected chi connectivity index (χ2v) is 6.99. The summed E-state index contributed by atoms with van der Waals surface area (Å²) in [4.78, 5) is 18.3. The summed E-state index contributed by atoms with van der Waals surface area (Å²) in [6, 6.07) is 13.7. The lowest BCUT2D eigenvalue weighted by molar-refractivity contribution is -0.142. The summed E-state index contributed by atoms with van der Waals surface area (Å²) >= 11 is 0. The zero-order valence-electron chi connectivity index (χ0n) is 15.1. The van der Waals surface area contributed by atoms with Crippen molar-refractivity contribution < 1.29 is 14.6 Å². The molecule has 0 bridgehead atoms. The van der Waals surface area contributed by atoms with E-state index in [1.54, 1.807) is 7.11 Å². The number of nitrogens with two attached hydrogens (primary N) is 1. The lowest BCUT2D eigenvalue weighted by Crippen LogP contribution is -2.50. The predicted molar refractivity (Wildman–Crippen MR) is 102 cm³/mol. The maximum Gasteiger partial charge on any atom is 0.325 e. The van der Waals surface area contributed by atoms with E-state index in [9.17, 15) is 9.90 Å². The molecule has 1 aliphatic heterocycles. The quantitative estimate of drug-likeness (QED) is 0.717. The first-order chi connectivity index (χ1) is 13.0. The number of methoxy groups -OCH3 is 1. The molecule has 0 unspecified atom stereocenters. The van der Waals surface area contributed by atoms with Crippen LogP contribution in [-0.2, 0) is 11.3 Å². The molecule has 3 N–H and O–H groups in total. The van der Waals surface area contributed by atoms with Crippen LogP contribution < -0.4 is 10.5 Å². The first-order valence-corrected chi connectivity index (χ1v) is 8.85. The molecular weight excluding hydrogens is 344 g/mol. The van der Waals surface area contributed by atoms with Gasteiger partial charge in [-0.05, 0) is 42.8 Å². The number of likely N-dealkylation sites (tertiary alicyclic amines) is 1. The van der Waals surface area contributed by atoms with Crippen molar-refractivity contribution in [3.05, 3.63) is 54.4 Å². The van der Waals surface area contributed by atoms with Gasteiger partial charge in [-0.1, -0.05) is 6.07 Å². The second-order valence-electron chi connectivity index (χ2n) is 6.99. The van der Waals surface area contributed by atoms with Gasteiger partial charge in [0.25, 0.3) is 0 Å². The number of benzene rings is 1. The number of hydrogen-bond acceptors (Lipinski definition) is 5. The third-order valence-corrected chi connectivity index (χ3v) is 5.17. The van der Waals surface area contributed by atoms with Crippen LogP contribution in [0.3, 0.4) is 0 Å². The van der Waals surface area contributed by atoms with Crippen LogP contribution in [-0.4, -0.2) is 51.1 Å². The van der Waals surface area contributed by atoms with Gasteiger partial charge >= 0.3 is 5.97 Å². The van der Waals surface area contributed by atoms with Gasteiger partial charge in [-0.25, -0.2) is 4.98 Å². The Hall–Kier alpha value is -2.90. The molecule has 0 aliphatic carbocycles. The van der Waals surface area contributed by atoms with Crippen molar-refractivity contribution >= 4 is 11.6 Å². The van der Waals surface area contributed by atoms with Crippen molar-refractivity contribution in [2.24, 2.45) is 5.73 Å². The molecule has 1 aliphatic rings. The maximum absolute atomic E-state index is 11.5. The molecule has 2 aromatic heterocycles. The second kappa shape index (κ2) is 6.68. The van der Waals surface area contributed by atoms with E-state index in [0.717, 1.165) is 28.3 Å². The SMILES string of the molecule is COc1ccc(-c2nc3ccccn3c2CN2CC[C@@](N)(C(=O)O)C2)cc1. The van der Waals surface area contributed by atoms with Crippen LogP contribution in [0.15, 0.2) is 48.7 Å². The number of aromatic nitrogens is 2. The third kappa shape index (κ3) is 3.15. The molecule has 0 radical (unpaired) electrons. The van der Waals surface area contributed by atoms with Gasteiger partial charge in [0, 0.05) is 31.4 Å². The lowest BCUT2D eigenvalue weighted by Gasteiger charge is -2.20. The first-order valence-electron chi connectivity index (χ1n) is 8.85. The van der Waals surface area contributed by atoms with Crippen molar-refractivity contribution in [2.45, 2.75) is 18.5 Å². The molecule has 4 rings (SSSR count). The zero-order valence-corrected chi connectivity index (χ0v) is 15.1. The number of fused-ring (bicyclic) bond motifs is 1. The van der Waals surface area contributed by atoms with Crippen molar-refractivity contribution in [2.75, 3.05) is 20.2 Å². The molecule has 7 nitrogen and oxygen atoms in total. The van der Waals surface area contributed by atoms with E-state index in [-0.39, 0.29) is 0 Å². The summed E-state index contributed by atoms with van der Waals surface area (Å²) in [6.07, 6.45) is 2.42. The minimum Gasteiger partial charge on any atom is -0.497 e. The average Bonchev–Trinajstić information content (AvgIpc) is 3.24. The normalized spacial score (nSPS) is 20.2. The molecular formula is C20H22N4O3. The number of ether oxygens (including phenoxy) is 1. The van der Waals surface area contributed by atoms with Crippen LogP contribution in [0.1, 0.15) is 12.1 Å². The molecule has 140 valence electrons. The standard InChI is InChI=1S/C20H22N4O3/c1-27-15-7-5-14(6-8-15)18-16(24-10-3-2-4-17(24)22-18)12-23-11-9-20(21,13-23)19(25)26/h2-8,10H,9,11-13,21H2,1H3,(H,25,26)/t20-/m0/s1. The highest BCUT2D eigenvalue weighted by Gasteiger charge is 2.41. The molecule has 3 heterocycles. The first kappa shape index (κ1) is 17.5. The fourth-order valence-corrected chi connectivity index (χ4v) is 3.61. The van der Waals surface area contributed by atoms with Crippen molar-refractivity contribution in [1.82, 2.24) is 14.3 Å². The number of imidazole rings is 1. The summed E-state index contributed by atoms with van der Waals surface area (Å²) < 4.78 is 7.30. The van der Waals surface area contributed by atoms with E-state index in [4.69, 9.17) is 15.5 Å². The molecule has 27 heavy (non-hydrogen) atoms. The number of rotatable bonds is 5. The smallest absolute Gasteiger partial charge is 0.325 e. The largest absolute Gasteiger partial charge is 0.497 e. The molecule has 3 aromatic rings. The fourth-order valence-electron chi connectivity index (χ4n) is 3.61. The minimum atomic E-state index is -1.18. The highest BCUT2D eigenvalue weighted by Crippen LogP contribution is 2.29. The Balaban J connectivity index is 1.71. The Morgan fingerprint density at radius 2 is 2.07 bits per heavy atom. The van der Waals surface area contributed by atoms with Crippen LogP contribution in [0.25, 0.3) is 16.9 Å². The summed E-state index contributed by atoms with van der Waals surface area (Å²) in [6.45, 7) is 1.55. The van der Waals surface area contributed by atoms with E-state index in [1.807, 2.05) is 48.7 Å². The molecule has 0 saturated carbocycles. The summed E-state index contributed by atoms with van der Waals surface area (Å²) in [5.74, 6) is -0.156. The van der Waals surface area contributed by atoms with E-state index >= 15 is 0 Å². The van der Waals surface area contributed by atoms with Crippen molar-refractivity contribution in [1.29, 1.82) is 0 Å². The van der Waals surface area contributed by atoms with Crippen LogP contribution in [0.5, 0.6) is 5.75 Å². The summed E-state index contributed by atoms with van der Waals surface area (Å²) in [5.41, 5.74) is 8.61. The van der Waals surface area contributed by atoms with Crippen LogP contribution >= 0.6 is 0 Å². The molecule has 1 saturated heterocycles. The molecule has 1 atom stereocenters. The van der Waals surface area contributed by atoms with Crippen LogP contribution in [0, 0.1) is 0 Å². The average molecular weight is 366 g/mol. The number of pyridine rings is 1. The molecule has 1 fully saturated rings. The topological polar surface area (TPSA) is 93.1 Å². The highest BCUT2D eigenvalue weighted by atomic mass is 16.5. The highest BCUT2D eigenvalue weighted by molar-refractivity contribution is 5.79. The lowest BCUT2D eigenvalue weighted by atomic mass is 10.0. The molecule has 7 heteroatoms. The zero-order chi connectivity index (χ0) is 19.0. The fraction of sp³-hybridized carbons (Fsp3) is 0.300. The maximum atomic E-state index is 11.5. The van der Waals surface area contributed by atoms with Gasteiger partial charge in [-0.15, -0.1) is 0 Å². The number of aliphatic carboxylic acids is 1. The Morgan fingerprint density at radius 3 is 2.74 bits per heavy atom. The van der Waals surface area contributed by atoms with Gasteiger partial charge in [0.1, 0.15) is 16.9 Å². The Morgan fingerprint density at radius 1 is 1.30 bits per heavy atom. The Kier molecular flexibility index (Phi) is 4.33. The van der Waals surface area contributed by atoms with E-state index in [1.165, 1.54) is 0 Å². The Labute approximate surface area is 157 Å². The van der Waals surface area contributed by atoms with Crippen molar-refractivity contribution in [3.63, 3.8) is 0 Å². The Bertz CT molecular complexity index is 983. The molecule has 0 amide bonds. The molecule has 1 aromatic carbocycles. The van der Waals surface area contributed by atoms with Gasteiger partial charge in [0.15, 0.2) is 0 Å². The van der Waals surface area contributed by atoms with Crippen molar-refractivity contribution in [3.8, 4) is 17.0 Å². The number of carboxylic acids is 1. The minimum absolute atomic E-state index is 0.324. The number of hydrogen-bond donors (Lipinski definition) is 2. The number of carboxylic acid groups (broad SMARTS) is 1. The van der Waals surface area contributed by atoms with Gasteiger partial charge in [-0.3, -0.25) is 9.69 Å². The molecule has 0 spiro atoms. The third-order valence-electron chi connectivity index (χ3n) is 5.17. The van der Waals surface area contributed by atoms with E-state index < -0.39 is 11.5 Å².